The molecule has 32 heavy (non-hydrogen) atoms. The Morgan fingerprint density at radius 3 is 2.34 bits per heavy atom. The van der Waals surface area contributed by atoms with Gasteiger partial charge in [0.05, 0.1) is 6.61 Å². The van der Waals surface area contributed by atoms with Crippen LogP contribution in [0.1, 0.15) is 43.7 Å². The number of carbonyl (C=O) groups excluding carboxylic acids is 1. The molecule has 0 unspecified atom stereocenters. The van der Waals surface area contributed by atoms with Gasteiger partial charge in [-0.25, -0.2) is 4.79 Å². The molecule has 3 aromatic carbocycles. The number of phenols is 1. The van der Waals surface area contributed by atoms with Gasteiger partial charge in [-0.05, 0) is 30.7 Å². The predicted octanol–water partition coefficient (Wildman–Crippen LogP) is 6.35. The molecule has 0 aliphatic carbocycles. The van der Waals surface area contributed by atoms with Gasteiger partial charge in [0, 0.05) is 22.9 Å². The summed E-state index contributed by atoms with van der Waals surface area (Å²) in [6.45, 7) is 2.76. The average Bonchev–Trinajstić information content (AvgIpc) is 2.81. The van der Waals surface area contributed by atoms with Crippen LogP contribution in [0.15, 0.2) is 84.0 Å². The van der Waals surface area contributed by atoms with E-state index in [0.717, 1.165) is 12.8 Å². The second-order valence-electron chi connectivity index (χ2n) is 7.26. The summed E-state index contributed by atoms with van der Waals surface area (Å²) in [5.41, 5.74) is 2.06. The molecule has 3 aromatic rings. The number of aromatic hydroxyl groups is 1. The lowest BCUT2D eigenvalue weighted by molar-refractivity contribution is 0.166. The Morgan fingerprint density at radius 2 is 1.66 bits per heavy atom. The normalized spacial score (nSPS) is 11.1. The van der Waals surface area contributed by atoms with Crippen LogP contribution in [0.4, 0.5) is 10.5 Å². The van der Waals surface area contributed by atoms with E-state index in [1.807, 2.05) is 36.4 Å². The van der Waals surface area contributed by atoms with Crippen LogP contribution in [0.2, 0.25) is 0 Å². The molecule has 0 aliphatic heterocycles. The number of hydrogen-bond donors (Lipinski definition) is 2. The summed E-state index contributed by atoms with van der Waals surface area (Å²) in [4.78, 5) is 17.3. The maximum atomic E-state index is 12.2. The monoisotopic (exact) mass is 432 g/mol. The van der Waals surface area contributed by atoms with Gasteiger partial charge in [0.15, 0.2) is 0 Å². The van der Waals surface area contributed by atoms with Crippen molar-refractivity contribution in [1.82, 2.24) is 0 Å². The van der Waals surface area contributed by atoms with Crippen LogP contribution >= 0.6 is 0 Å². The van der Waals surface area contributed by atoms with Gasteiger partial charge in [-0.1, -0.05) is 79.9 Å². The molecule has 0 saturated heterocycles. The van der Waals surface area contributed by atoms with Crippen LogP contribution in [-0.4, -0.2) is 23.5 Å². The lowest BCUT2D eigenvalue weighted by atomic mass is 10.0. The average molecular weight is 433 g/mol. The fourth-order valence-corrected chi connectivity index (χ4v) is 3.12. The van der Waals surface area contributed by atoms with Gasteiger partial charge in [-0.15, -0.1) is 0 Å². The first kappa shape index (κ1) is 22.9. The zero-order valence-electron chi connectivity index (χ0n) is 18.2. The quantitative estimate of drug-likeness (QED) is 0.169. The number of anilines is 1. The molecule has 0 bridgehead atoms. The number of hydrogen-bond acceptors (Lipinski definition) is 5. The van der Waals surface area contributed by atoms with Gasteiger partial charge in [0.2, 0.25) is 0 Å². The highest BCUT2D eigenvalue weighted by Gasteiger charge is 2.15. The Labute approximate surface area is 188 Å². The van der Waals surface area contributed by atoms with Crippen LogP contribution < -0.4 is 10.1 Å². The van der Waals surface area contributed by atoms with Crippen molar-refractivity contribution in [2.75, 3.05) is 11.9 Å². The molecular formula is C26H28N2O4. The fourth-order valence-electron chi connectivity index (χ4n) is 3.12. The van der Waals surface area contributed by atoms with E-state index in [2.05, 4.69) is 17.4 Å². The summed E-state index contributed by atoms with van der Waals surface area (Å²) >= 11 is 0. The third-order valence-electron chi connectivity index (χ3n) is 4.78. The summed E-state index contributed by atoms with van der Waals surface area (Å²) < 4.78 is 5.74. The molecule has 3 rings (SSSR count). The minimum absolute atomic E-state index is 0.00858. The maximum absolute atomic E-state index is 12.2. The third kappa shape index (κ3) is 6.87. The van der Waals surface area contributed by atoms with Crippen molar-refractivity contribution in [2.45, 2.75) is 32.6 Å². The lowest BCUT2D eigenvalue weighted by Gasteiger charge is -2.11. The molecule has 0 heterocycles. The van der Waals surface area contributed by atoms with Crippen molar-refractivity contribution >= 4 is 17.5 Å². The molecule has 166 valence electrons. The number of unbranched alkanes of at least 4 members (excludes halogenated alkanes) is 3. The van der Waals surface area contributed by atoms with E-state index < -0.39 is 6.09 Å². The predicted molar refractivity (Wildman–Crippen MR) is 126 cm³/mol. The Balaban J connectivity index is 1.75. The molecule has 0 saturated carbocycles. The Hall–Kier alpha value is -3.80. The number of nitrogens with zero attached hydrogens (tertiary/aromatic N) is 1. The number of phenolic OH excluding ortho intramolecular Hbond substituents is 1. The molecule has 0 atom stereocenters. The van der Waals surface area contributed by atoms with Gasteiger partial charge in [0.25, 0.3) is 0 Å². The second kappa shape index (κ2) is 12.2. The largest absolute Gasteiger partial charge is 0.507 e. The number of ether oxygens (including phenoxy) is 1. The van der Waals surface area contributed by atoms with E-state index in [0.29, 0.717) is 34.9 Å². The Morgan fingerprint density at radius 1 is 0.938 bits per heavy atom. The zero-order chi connectivity index (χ0) is 22.6. The topological polar surface area (TPSA) is 80.2 Å². The third-order valence-corrected chi connectivity index (χ3v) is 4.78. The number of amides is 1. The maximum Gasteiger partial charge on any atom is 0.437 e. The summed E-state index contributed by atoms with van der Waals surface area (Å²) in [6.07, 6.45) is 3.71. The van der Waals surface area contributed by atoms with Crippen LogP contribution in [0.25, 0.3) is 0 Å². The van der Waals surface area contributed by atoms with Gasteiger partial charge < -0.3 is 9.84 Å². The highest BCUT2D eigenvalue weighted by atomic mass is 16.7. The van der Waals surface area contributed by atoms with Crippen molar-refractivity contribution in [3.05, 3.63) is 90.0 Å². The van der Waals surface area contributed by atoms with Gasteiger partial charge >= 0.3 is 6.09 Å². The van der Waals surface area contributed by atoms with Crippen molar-refractivity contribution in [3.63, 3.8) is 0 Å². The summed E-state index contributed by atoms with van der Waals surface area (Å²) in [5.74, 6) is 0.573. The molecular weight excluding hydrogens is 404 g/mol. The van der Waals surface area contributed by atoms with Crippen LogP contribution in [0.3, 0.4) is 0 Å². The smallest absolute Gasteiger partial charge is 0.437 e. The molecule has 2 N–H and O–H groups in total. The van der Waals surface area contributed by atoms with Crippen molar-refractivity contribution in [2.24, 2.45) is 5.16 Å². The number of rotatable bonds is 10. The van der Waals surface area contributed by atoms with E-state index in [1.54, 1.807) is 42.5 Å². The fraction of sp³-hybridized carbons (Fsp3) is 0.231. The molecule has 0 fully saturated rings. The summed E-state index contributed by atoms with van der Waals surface area (Å²) in [6, 6.07) is 23.2. The van der Waals surface area contributed by atoms with Crippen LogP contribution in [0.5, 0.6) is 11.5 Å². The van der Waals surface area contributed by atoms with E-state index in [1.165, 1.54) is 12.8 Å². The second-order valence-corrected chi connectivity index (χ2v) is 7.26. The van der Waals surface area contributed by atoms with Gasteiger partial charge in [-0.2, -0.15) is 0 Å². The molecule has 0 radical (unpaired) electrons. The molecule has 0 aliphatic rings. The summed E-state index contributed by atoms with van der Waals surface area (Å²) in [7, 11) is 0. The number of nitrogens with one attached hydrogen (secondary N) is 1. The van der Waals surface area contributed by atoms with E-state index in [-0.39, 0.29) is 5.75 Å². The van der Waals surface area contributed by atoms with Crippen molar-refractivity contribution in [3.8, 4) is 11.5 Å². The first-order valence-corrected chi connectivity index (χ1v) is 10.8. The van der Waals surface area contributed by atoms with E-state index >= 15 is 0 Å². The number of oxime groups is 1. The van der Waals surface area contributed by atoms with Crippen LogP contribution in [-0.2, 0) is 4.84 Å². The number of carbonyl (C=O) groups is 1. The van der Waals surface area contributed by atoms with E-state index in [4.69, 9.17) is 9.57 Å². The van der Waals surface area contributed by atoms with Crippen molar-refractivity contribution in [1.29, 1.82) is 0 Å². The minimum atomic E-state index is -0.726. The highest BCUT2D eigenvalue weighted by molar-refractivity contribution is 6.14. The van der Waals surface area contributed by atoms with Crippen LogP contribution in [0, 0.1) is 0 Å². The SMILES string of the molecule is CCCCCCOc1ccc(/C(=N\OC(=O)Nc2ccccc2)c2ccccc2)c(O)c1. The van der Waals surface area contributed by atoms with Gasteiger partial charge in [-0.3, -0.25) is 10.2 Å². The number of benzene rings is 3. The first-order chi connectivity index (χ1) is 15.7. The Bertz CT molecular complexity index is 1020. The molecule has 1 amide bonds. The lowest BCUT2D eigenvalue weighted by Crippen LogP contribution is -2.13. The molecule has 0 spiro atoms. The molecule has 0 aromatic heterocycles. The molecule has 6 heteroatoms. The zero-order valence-corrected chi connectivity index (χ0v) is 18.2. The molecule has 6 nitrogen and oxygen atoms in total. The number of para-hydroxylation sites is 1. The van der Waals surface area contributed by atoms with E-state index in [9.17, 15) is 9.90 Å². The van der Waals surface area contributed by atoms with Crippen molar-refractivity contribution < 1.29 is 19.5 Å². The first-order valence-electron chi connectivity index (χ1n) is 10.8. The minimum Gasteiger partial charge on any atom is -0.507 e. The Kier molecular flexibility index (Phi) is 8.69. The summed E-state index contributed by atoms with van der Waals surface area (Å²) in [5, 5.41) is 17.3. The highest BCUT2D eigenvalue weighted by Crippen LogP contribution is 2.27. The standard InChI is InChI=1S/C26H28N2O4/c1-2-3-4-11-18-31-22-16-17-23(24(29)19-22)25(20-12-7-5-8-13-20)28-32-26(30)27-21-14-9-6-10-15-21/h5-10,12-17,19,29H,2-4,11,18H2,1H3,(H,27,30)/b28-25-. The van der Waals surface area contributed by atoms with Gasteiger partial charge in [0.1, 0.15) is 17.2 Å².